The molecule has 0 radical (unpaired) electrons. The minimum absolute atomic E-state index is 0.759. The molecule has 0 aliphatic rings. The molecule has 3 nitrogen and oxygen atoms in total. The second kappa shape index (κ2) is 6.77. The predicted molar refractivity (Wildman–Crippen MR) is 72.7 cm³/mol. The normalized spacial score (nSPS) is 9.28. The molecule has 2 aromatic rings. The van der Waals surface area contributed by atoms with Crippen LogP contribution in [0.5, 0.6) is 0 Å². The van der Waals surface area contributed by atoms with Crippen molar-refractivity contribution in [2.24, 2.45) is 0 Å². The first-order valence-corrected chi connectivity index (χ1v) is 5.74. The van der Waals surface area contributed by atoms with Gasteiger partial charge in [-0.05, 0) is 36.2 Å². The molecular formula is C14H14ClNO2. The Balaban J connectivity index is 0.000000357. The van der Waals surface area contributed by atoms with Crippen LogP contribution in [0.25, 0.3) is 11.1 Å². The number of nitrogens with zero attached hydrogens (tertiary/aromatic N) is 1. The van der Waals surface area contributed by atoms with E-state index in [2.05, 4.69) is 11.9 Å². The van der Waals surface area contributed by atoms with Gasteiger partial charge in [-0.25, -0.2) is 0 Å². The van der Waals surface area contributed by atoms with Gasteiger partial charge in [-0.2, -0.15) is 0 Å². The highest BCUT2D eigenvalue weighted by atomic mass is 35.5. The van der Waals surface area contributed by atoms with E-state index in [1.165, 1.54) is 5.56 Å². The number of hydrogen-bond acceptors (Lipinski definition) is 2. The van der Waals surface area contributed by atoms with E-state index < -0.39 is 5.97 Å². The van der Waals surface area contributed by atoms with E-state index in [9.17, 15) is 0 Å². The Morgan fingerprint density at radius 3 is 2.56 bits per heavy atom. The molecule has 4 heteroatoms. The molecule has 18 heavy (non-hydrogen) atoms. The number of aliphatic carboxylic acids is 1. The fourth-order valence-electron chi connectivity index (χ4n) is 1.43. The molecule has 0 saturated carbocycles. The van der Waals surface area contributed by atoms with Gasteiger partial charge in [-0.1, -0.05) is 23.7 Å². The Labute approximate surface area is 111 Å². The highest BCUT2D eigenvalue weighted by Gasteiger charge is 2.01. The third-order valence-electron chi connectivity index (χ3n) is 2.17. The van der Waals surface area contributed by atoms with Crippen molar-refractivity contribution in [1.82, 2.24) is 4.98 Å². The Kier molecular flexibility index (Phi) is 5.33. The van der Waals surface area contributed by atoms with Gasteiger partial charge in [0.15, 0.2) is 0 Å². The Hall–Kier alpha value is -1.87. The van der Waals surface area contributed by atoms with Gasteiger partial charge in [-0.15, -0.1) is 0 Å². The first kappa shape index (κ1) is 14.2. The van der Waals surface area contributed by atoms with E-state index in [0.717, 1.165) is 23.1 Å². The van der Waals surface area contributed by atoms with Crippen LogP contribution >= 0.6 is 11.6 Å². The predicted octanol–water partition coefficient (Wildman–Crippen LogP) is 3.80. The largest absolute Gasteiger partial charge is 0.481 e. The zero-order valence-electron chi connectivity index (χ0n) is 10.2. The van der Waals surface area contributed by atoms with Crippen molar-refractivity contribution in [2.45, 2.75) is 13.8 Å². The summed E-state index contributed by atoms with van der Waals surface area (Å²) < 4.78 is 0. The number of rotatable bonds is 1. The standard InChI is InChI=1S/C12H10ClN.C2H4O2/c1-9-4-5-11(13)7-12(9)10-3-2-6-14-8-10;1-2(3)4/h2-8H,1H3;1H3,(H,3,4). The fourth-order valence-corrected chi connectivity index (χ4v) is 1.60. The lowest BCUT2D eigenvalue weighted by molar-refractivity contribution is -0.134. The van der Waals surface area contributed by atoms with Crippen molar-refractivity contribution >= 4 is 17.6 Å². The van der Waals surface area contributed by atoms with Gasteiger partial charge in [0.1, 0.15) is 0 Å². The summed E-state index contributed by atoms with van der Waals surface area (Å²) in [5, 5.41) is 8.18. The summed E-state index contributed by atoms with van der Waals surface area (Å²) in [6.07, 6.45) is 3.61. The molecule has 0 aliphatic carbocycles. The second-order valence-electron chi connectivity index (χ2n) is 3.72. The van der Waals surface area contributed by atoms with Crippen LogP contribution in [0.4, 0.5) is 0 Å². The molecule has 1 aromatic carbocycles. The van der Waals surface area contributed by atoms with Gasteiger partial charge in [0.05, 0.1) is 0 Å². The molecule has 0 atom stereocenters. The van der Waals surface area contributed by atoms with Crippen LogP contribution in [0.3, 0.4) is 0 Å². The second-order valence-corrected chi connectivity index (χ2v) is 4.16. The van der Waals surface area contributed by atoms with E-state index in [-0.39, 0.29) is 0 Å². The number of hydrogen-bond donors (Lipinski definition) is 1. The summed E-state index contributed by atoms with van der Waals surface area (Å²) in [5.74, 6) is -0.833. The van der Waals surface area contributed by atoms with E-state index in [1.54, 1.807) is 6.20 Å². The summed E-state index contributed by atoms with van der Waals surface area (Å²) >= 11 is 5.95. The number of benzene rings is 1. The number of aryl methyl sites for hydroxylation is 1. The smallest absolute Gasteiger partial charge is 0.300 e. The third-order valence-corrected chi connectivity index (χ3v) is 2.41. The number of carbonyl (C=O) groups is 1. The minimum atomic E-state index is -0.833. The number of aromatic nitrogens is 1. The monoisotopic (exact) mass is 263 g/mol. The molecule has 0 unspecified atom stereocenters. The first-order valence-electron chi connectivity index (χ1n) is 5.37. The molecule has 0 amide bonds. The topological polar surface area (TPSA) is 50.2 Å². The molecule has 0 spiro atoms. The highest BCUT2D eigenvalue weighted by molar-refractivity contribution is 6.30. The third kappa shape index (κ3) is 4.55. The van der Waals surface area contributed by atoms with Gasteiger partial charge in [-0.3, -0.25) is 9.78 Å². The Morgan fingerprint density at radius 1 is 1.33 bits per heavy atom. The lowest BCUT2D eigenvalue weighted by Crippen LogP contribution is -1.83. The summed E-state index contributed by atoms with van der Waals surface area (Å²) in [6.45, 7) is 3.15. The van der Waals surface area contributed by atoms with E-state index in [4.69, 9.17) is 21.5 Å². The van der Waals surface area contributed by atoms with Crippen molar-refractivity contribution in [3.63, 3.8) is 0 Å². The average Bonchev–Trinajstić information content (AvgIpc) is 2.33. The summed E-state index contributed by atoms with van der Waals surface area (Å²) in [6, 6.07) is 9.84. The molecule has 2 rings (SSSR count). The summed E-state index contributed by atoms with van der Waals surface area (Å²) in [7, 11) is 0. The maximum absolute atomic E-state index is 9.00. The lowest BCUT2D eigenvalue weighted by Gasteiger charge is -2.05. The number of pyridine rings is 1. The highest BCUT2D eigenvalue weighted by Crippen LogP contribution is 2.25. The van der Waals surface area contributed by atoms with Crippen LogP contribution in [0.15, 0.2) is 42.7 Å². The number of carboxylic acid groups (broad SMARTS) is 1. The van der Waals surface area contributed by atoms with Crippen LogP contribution in [0, 0.1) is 6.92 Å². The maximum Gasteiger partial charge on any atom is 0.300 e. The molecule has 0 saturated heterocycles. The quantitative estimate of drug-likeness (QED) is 0.851. The Bertz CT molecular complexity index is 523. The molecule has 1 aromatic heterocycles. The van der Waals surface area contributed by atoms with E-state index in [1.807, 2.05) is 36.5 Å². The average molecular weight is 264 g/mol. The van der Waals surface area contributed by atoms with Gasteiger partial charge < -0.3 is 5.11 Å². The van der Waals surface area contributed by atoms with Gasteiger partial charge in [0, 0.05) is 29.9 Å². The maximum atomic E-state index is 9.00. The zero-order chi connectivity index (χ0) is 13.5. The van der Waals surface area contributed by atoms with Crippen molar-refractivity contribution < 1.29 is 9.90 Å². The van der Waals surface area contributed by atoms with Gasteiger partial charge in [0.2, 0.25) is 0 Å². The number of halogens is 1. The molecule has 0 bridgehead atoms. The van der Waals surface area contributed by atoms with Crippen LogP contribution in [0.1, 0.15) is 12.5 Å². The van der Waals surface area contributed by atoms with E-state index in [0.29, 0.717) is 0 Å². The first-order chi connectivity index (χ1) is 8.50. The van der Waals surface area contributed by atoms with Crippen LogP contribution < -0.4 is 0 Å². The van der Waals surface area contributed by atoms with Crippen molar-refractivity contribution in [3.05, 3.63) is 53.3 Å². The molecule has 1 heterocycles. The Morgan fingerprint density at radius 2 is 2.00 bits per heavy atom. The molecule has 0 aliphatic heterocycles. The molecule has 1 N–H and O–H groups in total. The summed E-state index contributed by atoms with van der Waals surface area (Å²) in [4.78, 5) is 13.1. The number of carboxylic acids is 1. The minimum Gasteiger partial charge on any atom is -0.481 e. The van der Waals surface area contributed by atoms with Gasteiger partial charge in [0.25, 0.3) is 5.97 Å². The van der Waals surface area contributed by atoms with Crippen LogP contribution in [-0.4, -0.2) is 16.1 Å². The van der Waals surface area contributed by atoms with Crippen molar-refractivity contribution in [2.75, 3.05) is 0 Å². The molecule has 94 valence electrons. The fraction of sp³-hybridized carbons (Fsp3) is 0.143. The molecular weight excluding hydrogens is 250 g/mol. The van der Waals surface area contributed by atoms with E-state index >= 15 is 0 Å². The lowest BCUT2D eigenvalue weighted by atomic mass is 10.0. The van der Waals surface area contributed by atoms with Crippen molar-refractivity contribution in [1.29, 1.82) is 0 Å². The van der Waals surface area contributed by atoms with Gasteiger partial charge >= 0.3 is 0 Å². The van der Waals surface area contributed by atoms with Crippen LogP contribution in [-0.2, 0) is 4.79 Å². The molecule has 0 fully saturated rings. The summed E-state index contributed by atoms with van der Waals surface area (Å²) in [5.41, 5.74) is 3.46. The van der Waals surface area contributed by atoms with Crippen molar-refractivity contribution in [3.8, 4) is 11.1 Å². The zero-order valence-corrected chi connectivity index (χ0v) is 11.0. The SMILES string of the molecule is CC(=O)O.Cc1ccc(Cl)cc1-c1cccnc1. The van der Waals surface area contributed by atoms with Crippen LogP contribution in [0.2, 0.25) is 5.02 Å².